The van der Waals surface area contributed by atoms with E-state index in [1.54, 1.807) is 24.3 Å². The van der Waals surface area contributed by atoms with Crippen LogP contribution in [0.5, 0.6) is 0 Å². The third-order valence-corrected chi connectivity index (χ3v) is 5.22. The van der Waals surface area contributed by atoms with Crippen molar-refractivity contribution in [1.29, 1.82) is 0 Å². The third-order valence-electron chi connectivity index (χ3n) is 3.93. The average Bonchev–Trinajstić information content (AvgIpc) is 2.57. The molecule has 0 atom stereocenters. The summed E-state index contributed by atoms with van der Waals surface area (Å²) < 4.78 is 26.9. The molecular weight excluding hydrogens is 366 g/mol. The molecule has 0 aliphatic carbocycles. The second-order valence-electron chi connectivity index (χ2n) is 6.23. The Morgan fingerprint density at radius 1 is 0.963 bits per heavy atom. The summed E-state index contributed by atoms with van der Waals surface area (Å²) in [6.07, 6.45) is -0.173. The molecule has 0 bridgehead atoms. The summed E-state index contributed by atoms with van der Waals surface area (Å²) in [6.45, 7) is 5.20. The summed E-state index contributed by atoms with van der Waals surface area (Å²) in [6, 6.07) is 11.9. The van der Waals surface area contributed by atoms with Gasteiger partial charge in [0.25, 0.3) is 0 Å². The molecule has 0 aliphatic rings. The van der Waals surface area contributed by atoms with Gasteiger partial charge in [0.2, 0.25) is 21.8 Å². The summed E-state index contributed by atoms with van der Waals surface area (Å²) in [5.41, 5.74) is 3.46. The molecule has 0 saturated carbocycles. The highest BCUT2D eigenvalue weighted by Gasteiger charge is 2.15. The maximum absolute atomic E-state index is 12.2. The van der Waals surface area contributed by atoms with Gasteiger partial charge in [0, 0.05) is 24.7 Å². The number of hydrogen-bond acceptors (Lipinski definition) is 4. The number of hydrogen-bond donors (Lipinski definition) is 3. The molecule has 2 aromatic carbocycles. The van der Waals surface area contributed by atoms with Gasteiger partial charge in [-0.2, -0.15) is 0 Å². The van der Waals surface area contributed by atoms with E-state index in [-0.39, 0.29) is 24.0 Å². The van der Waals surface area contributed by atoms with E-state index < -0.39 is 10.0 Å². The van der Waals surface area contributed by atoms with Crippen LogP contribution >= 0.6 is 0 Å². The highest BCUT2D eigenvalue weighted by atomic mass is 32.2. The molecule has 7 nitrogen and oxygen atoms in total. The summed E-state index contributed by atoms with van der Waals surface area (Å²) in [4.78, 5) is 23.2. The van der Waals surface area contributed by atoms with E-state index in [1.807, 2.05) is 26.0 Å². The molecule has 8 heteroatoms. The van der Waals surface area contributed by atoms with E-state index in [4.69, 9.17) is 0 Å². The molecule has 0 aliphatic heterocycles. The topological polar surface area (TPSA) is 104 Å². The number of nitrogens with one attached hydrogen (secondary N) is 3. The first-order chi connectivity index (χ1) is 12.7. The van der Waals surface area contributed by atoms with Crippen molar-refractivity contribution in [2.75, 3.05) is 21.1 Å². The van der Waals surface area contributed by atoms with Gasteiger partial charge in [-0.3, -0.25) is 14.3 Å². The van der Waals surface area contributed by atoms with Crippen LogP contribution in [-0.2, 0) is 19.6 Å². The maximum Gasteiger partial charge on any atom is 0.233 e. The predicted molar refractivity (Wildman–Crippen MR) is 107 cm³/mol. The smallest absolute Gasteiger partial charge is 0.233 e. The second kappa shape index (κ2) is 8.68. The van der Waals surface area contributed by atoms with Crippen molar-refractivity contribution >= 4 is 38.9 Å². The average molecular weight is 389 g/mol. The highest BCUT2D eigenvalue weighted by molar-refractivity contribution is 7.92. The normalized spacial score (nSPS) is 10.9. The Bertz CT molecular complexity index is 955. The molecule has 0 spiro atoms. The molecule has 0 saturated heterocycles. The molecular formula is C19H23N3O4S. The van der Waals surface area contributed by atoms with Gasteiger partial charge in [-0.25, -0.2) is 8.42 Å². The van der Waals surface area contributed by atoms with Crippen LogP contribution in [0.25, 0.3) is 0 Å². The van der Waals surface area contributed by atoms with Crippen LogP contribution < -0.4 is 15.4 Å². The van der Waals surface area contributed by atoms with Crippen molar-refractivity contribution in [3.63, 3.8) is 0 Å². The van der Waals surface area contributed by atoms with Crippen molar-refractivity contribution in [3.8, 4) is 0 Å². The summed E-state index contributed by atoms with van der Waals surface area (Å²) in [7, 11) is -3.71. The fourth-order valence-electron chi connectivity index (χ4n) is 2.42. The van der Waals surface area contributed by atoms with Gasteiger partial charge < -0.3 is 10.6 Å². The Kier molecular flexibility index (Phi) is 6.57. The van der Waals surface area contributed by atoms with Gasteiger partial charge in [0.1, 0.15) is 0 Å². The molecule has 3 N–H and O–H groups in total. The first-order valence-electron chi connectivity index (χ1n) is 8.40. The molecule has 2 aromatic rings. The van der Waals surface area contributed by atoms with Crippen molar-refractivity contribution in [2.24, 2.45) is 0 Å². The molecule has 0 unspecified atom stereocenters. The number of aryl methyl sites for hydroxylation is 1. The largest absolute Gasteiger partial charge is 0.326 e. The molecule has 144 valence electrons. The molecule has 0 aromatic heterocycles. The predicted octanol–water partition coefficient (Wildman–Crippen LogP) is 3.03. The zero-order chi connectivity index (χ0) is 20.0. The fourth-order valence-corrected chi connectivity index (χ4v) is 3.46. The van der Waals surface area contributed by atoms with Crippen LogP contribution in [0.3, 0.4) is 0 Å². The molecule has 2 amide bonds. The van der Waals surface area contributed by atoms with E-state index >= 15 is 0 Å². The Hall–Kier alpha value is -2.87. The third kappa shape index (κ3) is 6.41. The van der Waals surface area contributed by atoms with Crippen molar-refractivity contribution in [2.45, 2.75) is 27.2 Å². The first-order valence-corrected chi connectivity index (χ1v) is 10.1. The lowest BCUT2D eigenvalue weighted by Gasteiger charge is -2.12. The van der Waals surface area contributed by atoms with Crippen LogP contribution in [0, 0.1) is 13.8 Å². The number of sulfonamides is 1. The Morgan fingerprint density at radius 2 is 1.63 bits per heavy atom. The Morgan fingerprint density at radius 3 is 2.33 bits per heavy atom. The van der Waals surface area contributed by atoms with Crippen LogP contribution in [-0.4, -0.2) is 26.0 Å². The number of rotatable bonds is 7. The quantitative estimate of drug-likeness (QED) is 0.677. The molecule has 0 radical (unpaired) electrons. The lowest BCUT2D eigenvalue weighted by molar-refractivity contribution is -0.116. The highest BCUT2D eigenvalue weighted by Crippen LogP contribution is 2.19. The number of carbonyl (C=O) groups excluding carboxylic acids is 2. The standard InChI is InChI=1S/C19H23N3O4S/c1-13-6-4-9-18(14(13)2)21-19(24)10-11-27(25,26)22-17-8-5-7-16(12-17)20-15(3)23/h4-9,12,22H,10-11H2,1-3H3,(H,20,23)(H,21,24). The summed E-state index contributed by atoms with van der Waals surface area (Å²) in [5, 5.41) is 5.32. The zero-order valence-electron chi connectivity index (χ0n) is 15.5. The molecule has 0 fully saturated rings. The van der Waals surface area contributed by atoms with E-state index in [2.05, 4.69) is 15.4 Å². The number of carbonyl (C=O) groups is 2. The Balaban J connectivity index is 1.95. The number of benzene rings is 2. The monoisotopic (exact) mass is 389 g/mol. The SMILES string of the molecule is CC(=O)Nc1cccc(NS(=O)(=O)CCC(=O)Nc2cccc(C)c2C)c1. The van der Waals surface area contributed by atoms with Gasteiger partial charge in [0.05, 0.1) is 11.4 Å². The van der Waals surface area contributed by atoms with E-state index in [9.17, 15) is 18.0 Å². The number of amides is 2. The molecule has 0 heterocycles. The van der Waals surface area contributed by atoms with Gasteiger partial charge in [-0.1, -0.05) is 18.2 Å². The maximum atomic E-state index is 12.2. The summed E-state index contributed by atoms with van der Waals surface area (Å²) in [5.74, 6) is -0.979. The van der Waals surface area contributed by atoms with E-state index in [0.717, 1.165) is 11.1 Å². The lowest BCUT2D eigenvalue weighted by atomic mass is 10.1. The summed E-state index contributed by atoms with van der Waals surface area (Å²) >= 11 is 0. The van der Waals surface area contributed by atoms with Crippen LogP contribution in [0.1, 0.15) is 24.5 Å². The minimum absolute atomic E-state index is 0.173. The minimum Gasteiger partial charge on any atom is -0.326 e. The van der Waals surface area contributed by atoms with Gasteiger partial charge in [-0.05, 0) is 49.2 Å². The van der Waals surface area contributed by atoms with E-state index in [1.165, 1.54) is 13.0 Å². The van der Waals surface area contributed by atoms with Gasteiger partial charge in [0.15, 0.2) is 0 Å². The van der Waals surface area contributed by atoms with Crippen molar-refractivity contribution in [1.82, 2.24) is 0 Å². The van der Waals surface area contributed by atoms with Crippen LogP contribution in [0.15, 0.2) is 42.5 Å². The fraction of sp³-hybridized carbons (Fsp3) is 0.263. The Labute approximate surface area is 159 Å². The lowest BCUT2D eigenvalue weighted by Crippen LogP contribution is -2.22. The van der Waals surface area contributed by atoms with Crippen LogP contribution in [0.4, 0.5) is 17.1 Å². The zero-order valence-corrected chi connectivity index (χ0v) is 16.3. The van der Waals surface area contributed by atoms with Crippen molar-refractivity contribution < 1.29 is 18.0 Å². The number of anilines is 3. The molecule has 2 rings (SSSR count). The van der Waals surface area contributed by atoms with Gasteiger partial charge in [-0.15, -0.1) is 0 Å². The first kappa shape index (κ1) is 20.4. The van der Waals surface area contributed by atoms with Crippen LogP contribution in [0.2, 0.25) is 0 Å². The molecule has 27 heavy (non-hydrogen) atoms. The minimum atomic E-state index is -3.71. The van der Waals surface area contributed by atoms with Crippen molar-refractivity contribution in [3.05, 3.63) is 53.6 Å². The second-order valence-corrected chi connectivity index (χ2v) is 8.07. The van der Waals surface area contributed by atoms with E-state index in [0.29, 0.717) is 17.1 Å². The van der Waals surface area contributed by atoms with Gasteiger partial charge >= 0.3 is 0 Å².